The normalized spacial score (nSPS) is 20.3. The summed E-state index contributed by atoms with van der Waals surface area (Å²) in [5.41, 5.74) is 13.8. The van der Waals surface area contributed by atoms with E-state index in [0.717, 1.165) is 50.3 Å². The summed E-state index contributed by atoms with van der Waals surface area (Å²) >= 11 is 0. The lowest BCUT2D eigenvalue weighted by Gasteiger charge is -2.43. The predicted molar refractivity (Wildman–Crippen MR) is 249 cm³/mol. The zero-order chi connectivity index (χ0) is 47.1. The van der Waals surface area contributed by atoms with Gasteiger partial charge in [0.2, 0.25) is 17.7 Å². The minimum Gasteiger partial charge on any atom is -0.488 e. The Kier molecular flexibility index (Phi) is 14.5. The third kappa shape index (κ3) is 10.9. The van der Waals surface area contributed by atoms with Gasteiger partial charge in [0, 0.05) is 93.1 Å². The maximum absolute atomic E-state index is 14.9. The number of benzene rings is 2. The number of carbonyl (C=O) groups is 4. The maximum atomic E-state index is 14.9. The molecule has 2 aromatic heterocycles. The molecule has 0 radical (unpaired) electrons. The Hall–Kier alpha value is -6.80. The fraction of sp³-hybridized carbons (Fsp3) is 0.468. The van der Waals surface area contributed by atoms with E-state index < -0.39 is 41.1 Å². The molecule has 5 heterocycles. The van der Waals surface area contributed by atoms with Crippen molar-refractivity contribution in [2.75, 3.05) is 73.3 Å². The lowest BCUT2D eigenvalue weighted by atomic mass is 9.68. The molecule has 4 amide bonds. The van der Waals surface area contributed by atoms with E-state index in [1.54, 1.807) is 30.3 Å². The Morgan fingerprint density at radius 3 is 2.49 bits per heavy atom. The number of nitrogens with two attached hydrogens (primary N) is 2. The van der Waals surface area contributed by atoms with Gasteiger partial charge in [0.05, 0.1) is 11.4 Å². The highest BCUT2D eigenvalue weighted by Crippen LogP contribution is 2.42. The van der Waals surface area contributed by atoms with Crippen LogP contribution in [0.1, 0.15) is 57.4 Å². The fourth-order valence-electron chi connectivity index (χ4n) is 9.47. The first-order valence-corrected chi connectivity index (χ1v) is 23.0. The van der Waals surface area contributed by atoms with Crippen molar-refractivity contribution in [2.24, 2.45) is 11.1 Å². The summed E-state index contributed by atoms with van der Waals surface area (Å²) in [7, 11) is 0. The van der Waals surface area contributed by atoms with Crippen LogP contribution in [0.25, 0.3) is 11.3 Å². The largest absolute Gasteiger partial charge is 0.488 e. The van der Waals surface area contributed by atoms with Crippen LogP contribution in [0.3, 0.4) is 0 Å². The first-order chi connectivity index (χ1) is 32.4. The third-order valence-electron chi connectivity index (χ3n) is 13.4. The number of hydrogen-bond donors (Lipinski definition) is 7. The second kappa shape index (κ2) is 20.8. The van der Waals surface area contributed by atoms with Crippen LogP contribution in [0.2, 0.25) is 0 Å². The molecule has 4 fully saturated rings. The van der Waals surface area contributed by atoms with Crippen LogP contribution in [0.5, 0.6) is 11.6 Å². The van der Waals surface area contributed by atoms with Crippen LogP contribution in [0.15, 0.2) is 66.9 Å². The molecule has 9 N–H and O–H groups in total. The Balaban J connectivity index is 0.893. The number of halogens is 1. The van der Waals surface area contributed by atoms with Crippen LogP contribution >= 0.6 is 0 Å². The van der Waals surface area contributed by atoms with E-state index >= 15 is 0 Å². The number of nitrogen functional groups attached to an aromatic ring is 1. The number of rotatable bonds is 19. The molecule has 356 valence electrons. The predicted octanol–water partition coefficient (Wildman–Crippen LogP) is 3.50. The summed E-state index contributed by atoms with van der Waals surface area (Å²) in [5, 5.41) is 29.7. The topological polar surface area (TPSA) is 256 Å². The molecule has 19 nitrogen and oxygen atoms in total. The van der Waals surface area contributed by atoms with Gasteiger partial charge in [-0.25, -0.2) is 14.2 Å². The highest BCUT2D eigenvalue weighted by atomic mass is 19.1. The van der Waals surface area contributed by atoms with Crippen molar-refractivity contribution in [3.8, 4) is 22.9 Å². The van der Waals surface area contributed by atoms with Crippen LogP contribution in [-0.2, 0) is 21.0 Å². The van der Waals surface area contributed by atoms with Crippen molar-refractivity contribution in [1.29, 1.82) is 0 Å². The molecule has 67 heavy (non-hydrogen) atoms. The molecule has 2 aromatic carbocycles. The van der Waals surface area contributed by atoms with Gasteiger partial charge in [-0.2, -0.15) is 0 Å². The lowest BCUT2D eigenvalue weighted by Crippen LogP contribution is -2.55. The van der Waals surface area contributed by atoms with E-state index in [-0.39, 0.29) is 50.3 Å². The van der Waals surface area contributed by atoms with Crippen LogP contribution in [0, 0.1) is 11.2 Å². The van der Waals surface area contributed by atoms with Crippen molar-refractivity contribution in [3.63, 3.8) is 0 Å². The van der Waals surface area contributed by atoms with Crippen LogP contribution in [0.4, 0.5) is 32.1 Å². The number of aromatic nitrogens is 3. The zero-order valence-corrected chi connectivity index (χ0v) is 37.6. The Bertz CT molecular complexity index is 2410. The summed E-state index contributed by atoms with van der Waals surface area (Å²) in [4.78, 5) is 61.3. The molecular formula is C47H59FN12O7. The minimum absolute atomic E-state index is 0.0907. The molecule has 20 heteroatoms. The van der Waals surface area contributed by atoms with Gasteiger partial charge in [-0.1, -0.05) is 18.6 Å². The van der Waals surface area contributed by atoms with E-state index in [2.05, 4.69) is 58.1 Å². The van der Waals surface area contributed by atoms with Gasteiger partial charge in [0.15, 0.2) is 5.82 Å². The molecule has 4 aliphatic rings. The smallest absolute Gasteiger partial charge is 0.319 e. The Labute approximate surface area is 388 Å². The van der Waals surface area contributed by atoms with E-state index in [9.17, 15) is 28.7 Å². The number of carbonyl (C=O) groups excluding carboxylic acids is 3. The summed E-state index contributed by atoms with van der Waals surface area (Å²) in [5.74, 6) is -1.71. The Morgan fingerprint density at radius 2 is 1.79 bits per heavy atom. The number of carboxylic acid groups (broad SMARTS) is 1. The van der Waals surface area contributed by atoms with Crippen molar-refractivity contribution in [2.45, 2.75) is 82.6 Å². The van der Waals surface area contributed by atoms with Crippen molar-refractivity contribution < 1.29 is 38.1 Å². The minimum atomic E-state index is -1.57. The van der Waals surface area contributed by atoms with E-state index in [0.29, 0.717) is 72.8 Å². The number of ether oxygens (including phenoxy) is 2. The number of pyridine rings is 1. The number of primary amides is 1. The first-order valence-electron chi connectivity index (χ1n) is 23.0. The highest BCUT2D eigenvalue weighted by molar-refractivity contribution is 6.05. The average molecular weight is 923 g/mol. The second-order valence-electron chi connectivity index (χ2n) is 17.8. The number of aliphatic carboxylic acids is 1. The van der Waals surface area contributed by atoms with Gasteiger partial charge in [-0.05, 0) is 93.5 Å². The lowest BCUT2D eigenvalue weighted by molar-refractivity contribution is -0.162. The molecule has 4 aromatic rings. The van der Waals surface area contributed by atoms with Gasteiger partial charge in [-0.15, -0.1) is 10.2 Å². The average Bonchev–Trinajstić information content (AvgIpc) is 3.56. The summed E-state index contributed by atoms with van der Waals surface area (Å²) in [6.07, 6.45) is 5.21. The van der Waals surface area contributed by atoms with Crippen molar-refractivity contribution in [1.82, 2.24) is 36.0 Å². The van der Waals surface area contributed by atoms with E-state index in [1.807, 2.05) is 24.4 Å². The quantitative estimate of drug-likeness (QED) is 0.0525. The van der Waals surface area contributed by atoms with Crippen LogP contribution < -0.4 is 52.0 Å². The van der Waals surface area contributed by atoms with E-state index in [1.165, 1.54) is 12.1 Å². The highest BCUT2D eigenvalue weighted by Gasteiger charge is 2.52. The number of hydrogen-bond acceptors (Lipinski definition) is 14. The van der Waals surface area contributed by atoms with E-state index in [4.69, 9.17) is 20.9 Å². The SMILES string of the molecule is C[C@@H]1CNCCN1CCOc1cc(N2C3CCC2CN(c2cc(-c4cc(F)ccc4OCc4ccc(NC(=O)C(CCCNC(N)=O)NC(=O)C5(C(=O)O)CCC5)cc4)nnc2N)C3)ccn1. The second-order valence-corrected chi connectivity index (χ2v) is 17.8. The first kappa shape index (κ1) is 46.7. The summed E-state index contributed by atoms with van der Waals surface area (Å²) in [6.45, 7) is 8.25. The molecule has 2 bridgehead atoms. The summed E-state index contributed by atoms with van der Waals surface area (Å²) < 4.78 is 27.3. The van der Waals surface area contributed by atoms with Gasteiger partial charge < -0.3 is 57.1 Å². The summed E-state index contributed by atoms with van der Waals surface area (Å²) in [6, 6.07) is 16.1. The van der Waals surface area contributed by atoms with Crippen molar-refractivity contribution >= 4 is 46.7 Å². The van der Waals surface area contributed by atoms with Gasteiger partial charge in [-0.3, -0.25) is 19.3 Å². The molecule has 0 spiro atoms. The molecule has 1 saturated carbocycles. The fourth-order valence-corrected chi connectivity index (χ4v) is 9.47. The van der Waals surface area contributed by atoms with Gasteiger partial charge in [0.1, 0.15) is 36.2 Å². The molecule has 3 unspecified atom stereocenters. The Morgan fingerprint density at radius 1 is 1.01 bits per heavy atom. The zero-order valence-electron chi connectivity index (χ0n) is 37.6. The molecule has 3 saturated heterocycles. The number of amides is 4. The number of carboxylic acids is 1. The number of fused-ring (bicyclic) bond motifs is 2. The standard InChI is InChI=1S/C47H59FN12O7/c1-29-25-51-18-19-58(29)20-21-66-41-23-33(13-17-52-41)60-34-10-11-35(60)27-59(26-34)39-24-38(56-57-42(39)49)36-22-31(48)7-12-40(36)67-28-30-5-8-32(9-6-30)54-43(61)37(4-2-16-53-46(50)65)55-44(62)47(45(63)64)14-3-15-47/h5-9,12-13,17,22-24,29,34-35,37,51H,2-4,10-11,14-16,18-21,25-28H2,1H3,(H2,49,57)(H,54,61)(H,55,62)(H,63,64)(H3,50,53,65)/t29-,34?,35?,37?/m1/s1. The number of anilines is 4. The molecule has 1 aliphatic carbocycles. The third-order valence-corrected chi connectivity index (χ3v) is 13.4. The van der Waals surface area contributed by atoms with Gasteiger partial charge in [0.25, 0.3) is 0 Å². The number of urea groups is 1. The molecular weight excluding hydrogens is 864 g/mol. The molecule has 8 rings (SSSR count). The van der Waals surface area contributed by atoms with Gasteiger partial charge >= 0.3 is 12.0 Å². The number of nitrogens with zero attached hydrogens (tertiary/aromatic N) is 6. The number of nitrogens with one attached hydrogen (secondary N) is 4. The number of piperazine rings is 2. The molecule has 4 atom stereocenters. The molecule has 3 aliphatic heterocycles. The maximum Gasteiger partial charge on any atom is 0.319 e. The van der Waals surface area contributed by atoms with Crippen LogP contribution in [-0.4, -0.2) is 126 Å². The monoisotopic (exact) mass is 922 g/mol. The van der Waals surface area contributed by atoms with Crippen molar-refractivity contribution in [3.05, 3.63) is 78.2 Å².